The first-order valence-corrected chi connectivity index (χ1v) is 6.28. The summed E-state index contributed by atoms with van der Waals surface area (Å²) < 4.78 is 0. The molecule has 106 valence electrons. The smallest absolute Gasteiger partial charge is 0.312 e. The van der Waals surface area contributed by atoms with Crippen molar-refractivity contribution in [3.05, 3.63) is 0 Å². The Balaban J connectivity index is 4.82. The summed E-state index contributed by atoms with van der Waals surface area (Å²) in [7, 11) is 0. The monoisotopic (exact) mass is 259 g/mol. The number of carbonyl (C=O) groups is 2. The van der Waals surface area contributed by atoms with E-state index in [4.69, 9.17) is 10.8 Å². The Morgan fingerprint density at radius 2 is 1.83 bits per heavy atom. The Bertz CT molecular complexity index is 280. The second-order valence-electron chi connectivity index (χ2n) is 4.93. The van der Waals surface area contributed by atoms with Crippen molar-refractivity contribution in [1.82, 2.24) is 10.2 Å². The Labute approximate surface area is 109 Å². The van der Waals surface area contributed by atoms with Gasteiger partial charge in [0.05, 0.1) is 0 Å². The zero-order chi connectivity index (χ0) is 14.3. The number of carbonyl (C=O) groups excluding carboxylic acids is 2. The molecule has 0 saturated heterocycles. The molecule has 0 saturated carbocycles. The maximum atomic E-state index is 12.3. The van der Waals surface area contributed by atoms with E-state index in [1.165, 1.54) is 0 Å². The number of aliphatic hydroxyl groups excluding tert-OH is 1. The third-order valence-corrected chi connectivity index (χ3v) is 2.69. The average molecular weight is 259 g/mol. The van der Waals surface area contributed by atoms with Crippen molar-refractivity contribution < 1.29 is 14.7 Å². The van der Waals surface area contributed by atoms with E-state index in [0.29, 0.717) is 13.0 Å². The lowest BCUT2D eigenvalue weighted by atomic mass is 10.0. The molecule has 0 spiro atoms. The summed E-state index contributed by atoms with van der Waals surface area (Å²) in [4.78, 5) is 24.9. The van der Waals surface area contributed by atoms with E-state index in [0.717, 1.165) is 0 Å². The summed E-state index contributed by atoms with van der Waals surface area (Å²) in [5, 5.41) is 11.3. The highest BCUT2D eigenvalue weighted by atomic mass is 16.3. The van der Waals surface area contributed by atoms with E-state index < -0.39 is 12.1 Å². The van der Waals surface area contributed by atoms with Gasteiger partial charge in [0, 0.05) is 19.2 Å². The lowest BCUT2D eigenvalue weighted by Gasteiger charge is -2.32. The van der Waals surface area contributed by atoms with Crippen LogP contribution in [0.5, 0.6) is 0 Å². The molecule has 0 aliphatic heterocycles. The first-order chi connectivity index (χ1) is 8.31. The van der Waals surface area contributed by atoms with E-state index in [2.05, 4.69) is 5.32 Å². The molecular weight excluding hydrogens is 234 g/mol. The first-order valence-electron chi connectivity index (χ1n) is 6.28. The number of nitrogens with one attached hydrogen (secondary N) is 1. The van der Waals surface area contributed by atoms with Gasteiger partial charge in [-0.25, -0.2) is 4.79 Å². The zero-order valence-electron chi connectivity index (χ0n) is 11.6. The molecule has 4 N–H and O–H groups in total. The SMILES string of the molecule is CC(C)C(NC(N)=O)C(=O)N(CCCO)C(C)C. The fraction of sp³-hybridized carbons (Fsp3) is 0.833. The van der Waals surface area contributed by atoms with Gasteiger partial charge in [0.25, 0.3) is 0 Å². The van der Waals surface area contributed by atoms with Gasteiger partial charge in [-0.15, -0.1) is 0 Å². The molecular formula is C12H25N3O3. The Kier molecular flexibility index (Phi) is 7.35. The van der Waals surface area contributed by atoms with Gasteiger partial charge < -0.3 is 21.1 Å². The molecule has 1 atom stereocenters. The van der Waals surface area contributed by atoms with Crippen LogP contribution in [-0.4, -0.2) is 47.2 Å². The first kappa shape index (κ1) is 16.7. The van der Waals surface area contributed by atoms with Gasteiger partial charge in [0.1, 0.15) is 6.04 Å². The summed E-state index contributed by atoms with van der Waals surface area (Å²) in [6, 6.07) is -1.31. The third kappa shape index (κ3) is 5.35. The van der Waals surface area contributed by atoms with Gasteiger partial charge in [0.15, 0.2) is 0 Å². The maximum Gasteiger partial charge on any atom is 0.312 e. The molecule has 1 unspecified atom stereocenters. The number of amides is 3. The average Bonchev–Trinajstić information content (AvgIpc) is 2.25. The fourth-order valence-electron chi connectivity index (χ4n) is 1.71. The van der Waals surface area contributed by atoms with E-state index in [9.17, 15) is 9.59 Å². The Morgan fingerprint density at radius 1 is 1.28 bits per heavy atom. The van der Waals surface area contributed by atoms with Crippen LogP contribution in [0.1, 0.15) is 34.1 Å². The van der Waals surface area contributed by atoms with Gasteiger partial charge in [0.2, 0.25) is 5.91 Å². The van der Waals surface area contributed by atoms with Gasteiger partial charge in [-0.1, -0.05) is 13.8 Å². The predicted octanol–water partition coefficient (Wildman–Crippen LogP) is 0.299. The summed E-state index contributed by atoms with van der Waals surface area (Å²) in [5.74, 6) is -0.201. The summed E-state index contributed by atoms with van der Waals surface area (Å²) in [5.41, 5.74) is 5.08. The van der Waals surface area contributed by atoms with Crippen molar-refractivity contribution in [2.75, 3.05) is 13.2 Å². The predicted molar refractivity (Wildman–Crippen MR) is 69.9 cm³/mol. The second-order valence-corrected chi connectivity index (χ2v) is 4.93. The second kappa shape index (κ2) is 7.92. The van der Waals surface area contributed by atoms with Crippen LogP contribution in [0.3, 0.4) is 0 Å². The quantitative estimate of drug-likeness (QED) is 0.613. The zero-order valence-corrected chi connectivity index (χ0v) is 11.6. The van der Waals surface area contributed by atoms with Gasteiger partial charge in [-0.2, -0.15) is 0 Å². The number of hydrogen-bond acceptors (Lipinski definition) is 3. The summed E-state index contributed by atoms with van der Waals surface area (Å²) in [6.07, 6.45) is 0.519. The molecule has 0 heterocycles. The van der Waals surface area contributed by atoms with Crippen molar-refractivity contribution in [1.29, 1.82) is 0 Å². The van der Waals surface area contributed by atoms with Gasteiger partial charge in [-0.3, -0.25) is 4.79 Å². The highest BCUT2D eigenvalue weighted by molar-refractivity contribution is 5.87. The number of aliphatic hydroxyl groups is 1. The highest BCUT2D eigenvalue weighted by Gasteiger charge is 2.29. The third-order valence-electron chi connectivity index (χ3n) is 2.69. The molecule has 0 rings (SSSR count). The minimum atomic E-state index is -0.701. The Hall–Kier alpha value is -1.30. The van der Waals surface area contributed by atoms with Crippen LogP contribution in [0.2, 0.25) is 0 Å². The van der Waals surface area contributed by atoms with Crippen molar-refractivity contribution in [2.45, 2.75) is 46.2 Å². The number of primary amides is 1. The van der Waals surface area contributed by atoms with Crippen LogP contribution < -0.4 is 11.1 Å². The van der Waals surface area contributed by atoms with E-state index >= 15 is 0 Å². The molecule has 0 aromatic carbocycles. The van der Waals surface area contributed by atoms with Crippen LogP contribution in [0.25, 0.3) is 0 Å². The van der Waals surface area contributed by atoms with Crippen LogP contribution in [0.4, 0.5) is 4.79 Å². The Morgan fingerprint density at radius 3 is 2.17 bits per heavy atom. The molecule has 0 fully saturated rings. The fourth-order valence-corrected chi connectivity index (χ4v) is 1.71. The highest BCUT2D eigenvalue weighted by Crippen LogP contribution is 2.10. The number of nitrogens with zero attached hydrogens (tertiary/aromatic N) is 1. The van der Waals surface area contributed by atoms with Crippen molar-refractivity contribution >= 4 is 11.9 Å². The van der Waals surface area contributed by atoms with E-state index in [-0.39, 0.29) is 24.5 Å². The summed E-state index contributed by atoms with van der Waals surface area (Å²) in [6.45, 7) is 8.00. The number of rotatable bonds is 7. The molecule has 6 nitrogen and oxygen atoms in total. The molecule has 0 bridgehead atoms. The molecule has 18 heavy (non-hydrogen) atoms. The van der Waals surface area contributed by atoms with Crippen LogP contribution in [-0.2, 0) is 4.79 Å². The lowest BCUT2D eigenvalue weighted by molar-refractivity contribution is -0.136. The van der Waals surface area contributed by atoms with Crippen molar-refractivity contribution in [3.8, 4) is 0 Å². The largest absolute Gasteiger partial charge is 0.396 e. The topological polar surface area (TPSA) is 95.7 Å². The molecule has 0 aliphatic carbocycles. The maximum absolute atomic E-state index is 12.3. The van der Waals surface area contributed by atoms with Crippen LogP contribution in [0, 0.1) is 5.92 Å². The number of hydrogen-bond donors (Lipinski definition) is 3. The normalized spacial score (nSPS) is 12.6. The molecule has 0 aliphatic rings. The van der Waals surface area contributed by atoms with E-state index in [1.54, 1.807) is 4.90 Å². The number of urea groups is 1. The molecule has 6 heteroatoms. The minimum Gasteiger partial charge on any atom is -0.396 e. The van der Waals surface area contributed by atoms with E-state index in [1.807, 2.05) is 27.7 Å². The van der Waals surface area contributed by atoms with Gasteiger partial charge >= 0.3 is 6.03 Å². The van der Waals surface area contributed by atoms with Crippen LogP contribution >= 0.6 is 0 Å². The number of nitrogens with two attached hydrogens (primary N) is 1. The summed E-state index contributed by atoms with van der Waals surface area (Å²) >= 11 is 0. The van der Waals surface area contributed by atoms with Crippen molar-refractivity contribution in [2.24, 2.45) is 11.7 Å². The standard InChI is InChI=1S/C12H25N3O3/c1-8(2)10(14-12(13)18)11(17)15(9(3)4)6-5-7-16/h8-10,16H,5-7H2,1-4H3,(H3,13,14,18). The molecule has 0 aromatic heterocycles. The minimum absolute atomic E-state index is 0.0139. The van der Waals surface area contributed by atoms with Crippen LogP contribution in [0.15, 0.2) is 0 Å². The van der Waals surface area contributed by atoms with Gasteiger partial charge in [-0.05, 0) is 26.2 Å². The molecule has 3 amide bonds. The molecule has 0 radical (unpaired) electrons. The van der Waals surface area contributed by atoms with Crippen molar-refractivity contribution in [3.63, 3.8) is 0 Å². The lowest BCUT2D eigenvalue weighted by Crippen LogP contribution is -2.54. The molecule has 0 aromatic rings.